The number of benzene rings is 2. The van der Waals surface area contributed by atoms with Gasteiger partial charge in [0.15, 0.2) is 11.5 Å². The number of ether oxygens (including phenoxy) is 3. The van der Waals surface area contributed by atoms with Gasteiger partial charge in [-0.25, -0.2) is 0 Å². The van der Waals surface area contributed by atoms with Crippen LogP contribution in [0.2, 0.25) is 0 Å². The number of carbonyl (C=O) groups excluding carboxylic acids is 1. The molecule has 2 aliphatic rings. The molecule has 5 rings (SSSR count). The molecule has 32 heavy (non-hydrogen) atoms. The Morgan fingerprint density at radius 3 is 2.50 bits per heavy atom. The van der Waals surface area contributed by atoms with Crippen LogP contribution < -0.4 is 14.4 Å². The number of amides is 1. The predicted molar refractivity (Wildman–Crippen MR) is 126 cm³/mol. The first kappa shape index (κ1) is 21.0. The predicted octanol–water partition coefficient (Wildman–Crippen LogP) is 4.17. The van der Waals surface area contributed by atoms with E-state index in [1.54, 1.807) is 0 Å². The van der Waals surface area contributed by atoms with Crippen molar-refractivity contribution >= 4 is 22.9 Å². The highest BCUT2D eigenvalue weighted by Crippen LogP contribution is 2.37. The molecule has 6 nitrogen and oxygen atoms in total. The highest BCUT2D eigenvalue weighted by atomic mass is 32.1. The zero-order chi connectivity index (χ0) is 21.8. The summed E-state index contributed by atoms with van der Waals surface area (Å²) in [4.78, 5) is 19.5. The lowest BCUT2D eigenvalue weighted by Crippen LogP contribution is -2.43. The number of nitrogens with zero attached hydrogens (tertiary/aromatic N) is 2. The molecule has 1 amide bonds. The summed E-state index contributed by atoms with van der Waals surface area (Å²) in [6.07, 6.45) is 0. The van der Waals surface area contributed by atoms with Crippen LogP contribution in [0.1, 0.15) is 9.67 Å². The van der Waals surface area contributed by atoms with Crippen LogP contribution in [-0.4, -0.2) is 63.4 Å². The van der Waals surface area contributed by atoms with Crippen molar-refractivity contribution in [2.75, 3.05) is 57.5 Å². The van der Waals surface area contributed by atoms with Crippen LogP contribution in [0.15, 0.2) is 60.7 Å². The molecule has 0 atom stereocenters. The van der Waals surface area contributed by atoms with Gasteiger partial charge in [-0.3, -0.25) is 9.69 Å². The van der Waals surface area contributed by atoms with Gasteiger partial charge in [-0.2, -0.15) is 0 Å². The minimum absolute atomic E-state index is 0.0262. The summed E-state index contributed by atoms with van der Waals surface area (Å²) in [5.41, 5.74) is 1.94. The molecular formula is C25H26N2O4S. The third-order valence-electron chi connectivity index (χ3n) is 5.70. The molecule has 2 aliphatic heterocycles. The van der Waals surface area contributed by atoms with Gasteiger partial charge in [0.05, 0.1) is 18.1 Å². The maximum atomic E-state index is 13.5. The highest BCUT2D eigenvalue weighted by molar-refractivity contribution is 7.17. The van der Waals surface area contributed by atoms with Gasteiger partial charge >= 0.3 is 0 Å². The summed E-state index contributed by atoms with van der Waals surface area (Å²) in [6, 6.07) is 19.8. The molecule has 2 aromatic carbocycles. The fourth-order valence-corrected chi connectivity index (χ4v) is 4.91. The maximum absolute atomic E-state index is 13.5. The second-order valence-corrected chi connectivity index (χ2v) is 8.85. The summed E-state index contributed by atoms with van der Waals surface area (Å²) < 4.78 is 16.8. The largest absolute Gasteiger partial charge is 0.486 e. The van der Waals surface area contributed by atoms with Crippen molar-refractivity contribution in [3.05, 3.63) is 65.5 Å². The number of rotatable bonds is 6. The topological polar surface area (TPSA) is 51.2 Å². The Bertz CT molecular complexity index is 1060. The van der Waals surface area contributed by atoms with Gasteiger partial charge in [0.25, 0.3) is 5.91 Å². The first-order chi connectivity index (χ1) is 15.8. The van der Waals surface area contributed by atoms with E-state index in [1.807, 2.05) is 65.6 Å². The minimum Gasteiger partial charge on any atom is -0.486 e. The number of hydrogen-bond donors (Lipinski definition) is 0. The minimum atomic E-state index is 0.0262. The van der Waals surface area contributed by atoms with Crippen LogP contribution in [0, 0.1) is 0 Å². The van der Waals surface area contributed by atoms with Crippen molar-refractivity contribution in [3.8, 4) is 21.9 Å². The summed E-state index contributed by atoms with van der Waals surface area (Å²) >= 11 is 1.51. The monoisotopic (exact) mass is 450 g/mol. The van der Waals surface area contributed by atoms with Gasteiger partial charge in [0.1, 0.15) is 13.2 Å². The third kappa shape index (κ3) is 4.65. The Hall–Kier alpha value is -2.87. The normalized spacial score (nSPS) is 16.0. The van der Waals surface area contributed by atoms with E-state index in [0.717, 1.165) is 65.4 Å². The molecular weight excluding hydrogens is 424 g/mol. The lowest BCUT2D eigenvalue weighted by Gasteiger charge is -2.30. The average Bonchev–Trinajstić information content (AvgIpc) is 3.35. The first-order valence-corrected chi connectivity index (χ1v) is 11.8. The second-order valence-electron chi connectivity index (χ2n) is 7.77. The number of thiophene rings is 1. The Labute approximate surface area is 191 Å². The summed E-state index contributed by atoms with van der Waals surface area (Å²) in [6.45, 7) is 5.91. The van der Waals surface area contributed by atoms with Gasteiger partial charge in [-0.1, -0.05) is 18.2 Å². The number of para-hydroxylation sites is 1. The van der Waals surface area contributed by atoms with E-state index < -0.39 is 0 Å². The van der Waals surface area contributed by atoms with E-state index in [-0.39, 0.29) is 5.91 Å². The van der Waals surface area contributed by atoms with Crippen molar-refractivity contribution in [2.45, 2.75) is 0 Å². The summed E-state index contributed by atoms with van der Waals surface area (Å²) in [5.74, 6) is 1.55. The van der Waals surface area contributed by atoms with Gasteiger partial charge in [-0.15, -0.1) is 11.3 Å². The Morgan fingerprint density at radius 1 is 0.906 bits per heavy atom. The van der Waals surface area contributed by atoms with Gasteiger partial charge < -0.3 is 19.1 Å². The van der Waals surface area contributed by atoms with Crippen LogP contribution >= 0.6 is 11.3 Å². The maximum Gasteiger partial charge on any atom is 0.268 e. The molecule has 0 saturated carbocycles. The Kier molecular flexibility index (Phi) is 6.39. The SMILES string of the molecule is O=C(c1ccc(-c2ccc3c(c2)OCCO3)s1)N(CCN1CCOCC1)c1ccccc1. The number of fused-ring (bicyclic) bond motifs is 1. The molecule has 7 heteroatoms. The molecule has 0 N–H and O–H groups in total. The number of carbonyl (C=O) groups is 1. The lowest BCUT2D eigenvalue weighted by atomic mass is 10.1. The van der Waals surface area contributed by atoms with Crippen LogP contribution in [0.5, 0.6) is 11.5 Å². The summed E-state index contributed by atoms with van der Waals surface area (Å²) in [7, 11) is 0. The molecule has 3 heterocycles. The molecule has 0 aliphatic carbocycles. The van der Waals surface area contributed by atoms with Crippen LogP contribution in [-0.2, 0) is 4.74 Å². The molecule has 3 aromatic rings. The quantitative estimate of drug-likeness (QED) is 0.564. The first-order valence-electron chi connectivity index (χ1n) is 10.9. The molecule has 0 unspecified atom stereocenters. The van der Waals surface area contributed by atoms with E-state index in [1.165, 1.54) is 11.3 Å². The number of hydrogen-bond acceptors (Lipinski definition) is 6. The van der Waals surface area contributed by atoms with E-state index in [4.69, 9.17) is 14.2 Å². The Balaban J connectivity index is 1.36. The highest BCUT2D eigenvalue weighted by Gasteiger charge is 2.22. The zero-order valence-electron chi connectivity index (χ0n) is 17.9. The van der Waals surface area contributed by atoms with Crippen molar-refractivity contribution in [2.24, 2.45) is 0 Å². The smallest absolute Gasteiger partial charge is 0.268 e. The lowest BCUT2D eigenvalue weighted by molar-refractivity contribution is 0.0391. The molecule has 0 bridgehead atoms. The van der Waals surface area contributed by atoms with E-state index in [9.17, 15) is 4.79 Å². The van der Waals surface area contributed by atoms with Crippen molar-refractivity contribution in [1.29, 1.82) is 0 Å². The molecule has 0 radical (unpaired) electrons. The zero-order valence-corrected chi connectivity index (χ0v) is 18.7. The number of anilines is 1. The molecule has 1 saturated heterocycles. The van der Waals surface area contributed by atoms with E-state index >= 15 is 0 Å². The molecule has 1 aromatic heterocycles. The van der Waals surface area contributed by atoms with Crippen LogP contribution in [0.4, 0.5) is 5.69 Å². The van der Waals surface area contributed by atoms with E-state index in [2.05, 4.69) is 4.90 Å². The molecule has 0 spiro atoms. The third-order valence-corrected chi connectivity index (χ3v) is 6.82. The van der Waals surface area contributed by atoms with Crippen molar-refractivity contribution in [3.63, 3.8) is 0 Å². The van der Waals surface area contributed by atoms with Crippen molar-refractivity contribution in [1.82, 2.24) is 4.90 Å². The second kappa shape index (κ2) is 9.73. The van der Waals surface area contributed by atoms with Gasteiger partial charge in [0.2, 0.25) is 0 Å². The van der Waals surface area contributed by atoms with Crippen LogP contribution in [0.25, 0.3) is 10.4 Å². The average molecular weight is 451 g/mol. The molecule has 166 valence electrons. The van der Waals surface area contributed by atoms with Gasteiger partial charge in [-0.05, 0) is 48.0 Å². The Morgan fingerprint density at radius 2 is 1.69 bits per heavy atom. The fourth-order valence-electron chi connectivity index (χ4n) is 3.96. The number of morpholine rings is 1. The van der Waals surface area contributed by atoms with E-state index in [0.29, 0.717) is 19.8 Å². The standard InChI is InChI=1S/C25H26N2O4S/c28-25(27(20-4-2-1-3-5-20)11-10-26-12-14-29-15-13-26)24-9-8-23(32-24)19-6-7-21-22(18-19)31-17-16-30-21/h1-9,18H,10-17H2. The fraction of sp³-hybridized carbons (Fsp3) is 0.320. The van der Waals surface area contributed by atoms with Crippen LogP contribution in [0.3, 0.4) is 0 Å². The van der Waals surface area contributed by atoms with Gasteiger partial charge in [0, 0.05) is 36.7 Å². The summed E-state index contributed by atoms with van der Waals surface area (Å²) in [5, 5.41) is 0. The molecule has 1 fully saturated rings. The van der Waals surface area contributed by atoms with Crippen molar-refractivity contribution < 1.29 is 19.0 Å².